The predicted molar refractivity (Wildman–Crippen MR) is 87.0 cm³/mol. The molecule has 4 heteroatoms. The van der Waals surface area contributed by atoms with Crippen LogP contribution in [0.25, 0.3) is 0 Å². The van der Waals surface area contributed by atoms with Crippen LogP contribution in [0.1, 0.15) is 21.5 Å². The maximum absolute atomic E-state index is 12.2. The molecule has 110 valence electrons. The number of fused-ring (bicyclic) bond motifs is 1. The van der Waals surface area contributed by atoms with Crippen molar-refractivity contribution in [3.05, 3.63) is 70.9 Å². The zero-order valence-corrected chi connectivity index (χ0v) is 12.4. The second-order valence-electron chi connectivity index (χ2n) is 5.35. The molecule has 0 aliphatic carbocycles. The molecule has 0 bridgehead atoms. The number of amides is 1. The van der Waals surface area contributed by atoms with Crippen LogP contribution in [-0.4, -0.2) is 11.7 Å². The third-order valence-electron chi connectivity index (χ3n) is 3.73. The minimum absolute atomic E-state index is 0.203. The van der Waals surface area contributed by atoms with Crippen LogP contribution in [-0.2, 0) is 4.79 Å². The molecule has 0 unspecified atom stereocenters. The fraction of sp³-hybridized carbons (Fsp3) is 0.111. The number of benzene rings is 2. The summed E-state index contributed by atoms with van der Waals surface area (Å²) in [5.74, 6) is -0.509. The lowest BCUT2D eigenvalue weighted by Gasteiger charge is -2.22. The molecule has 0 atom stereocenters. The highest BCUT2D eigenvalue weighted by Gasteiger charge is 2.21. The number of anilines is 2. The van der Waals surface area contributed by atoms with Gasteiger partial charge >= 0.3 is 0 Å². The molecular formula is C18H16N2O2. The van der Waals surface area contributed by atoms with Crippen LogP contribution in [0.15, 0.2) is 54.2 Å². The van der Waals surface area contributed by atoms with Gasteiger partial charge in [0.15, 0.2) is 5.78 Å². The maximum atomic E-state index is 12.2. The van der Waals surface area contributed by atoms with Crippen LogP contribution in [0.2, 0.25) is 0 Å². The lowest BCUT2D eigenvalue weighted by Crippen LogP contribution is -2.26. The van der Waals surface area contributed by atoms with Gasteiger partial charge in [-0.3, -0.25) is 9.59 Å². The van der Waals surface area contributed by atoms with Crippen LogP contribution >= 0.6 is 0 Å². The number of rotatable bonds is 2. The van der Waals surface area contributed by atoms with E-state index in [2.05, 4.69) is 10.6 Å². The zero-order valence-electron chi connectivity index (χ0n) is 12.4. The summed E-state index contributed by atoms with van der Waals surface area (Å²) in [4.78, 5) is 24.3. The summed E-state index contributed by atoms with van der Waals surface area (Å²) in [7, 11) is 0. The first-order valence-electron chi connectivity index (χ1n) is 7.05. The second-order valence-corrected chi connectivity index (χ2v) is 5.35. The van der Waals surface area contributed by atoms with E-state index in [1.54, 1.807) is 24.3 Å². The van der Waals surface area contributed by atoms with Crippen LogP contribution < -0.4 is 10.6 Å². The fourth-order valence-corrected chi connectivity index (χ4v) is 2.33. The number of hydrogen-bond acceptors (Lipinski definition) is 3. The molecule has 2 aromatic rings. The van der Waals surface area contributed by atoms with E-state index in [0.29, 0.717) is 5.56 Å². The van der Waals surface area contributed by atoms with E-state index in [1.165, 1.54) is 6.08 Å². The molecule has 1 heterocycles. The Balaban J connectivity index is 1.93. The SMILES string of the molecule is Cc1cc2c(cc1C)NC(=CC(=O)c1ccccc1)C(=O)N2. The molecule has 1 aliphatic rings. The normalized spacial score (nSPS) is 15.0. The van der Waals surface area contributed by atoms with Crippen molar-refractivity contribution in [1.82, 2.24) is 0 Å². The number of carbonyl (C=O) groups excluding carboxylic acids is 2. The van der Waals surface area contributed by atoms with Gasteiger partial charge in [0.05, 0.1) is 11.4 Å². The summed E-state index contributed by atoms with van der Waals surface area (Å²) < 4.78 is 0. The smallest absolute Gasteiger partial charge is 0.272 e. The van der Waals surface area contributed by atoms with Gasteiger partial charge in [0, 0.05) is 11.6 Å². The first kappa shape index (κ1) is 14.1. The Kier molecular flexibility index (Phi) is 3.51. The lowest BCUT2D eigenvalue weighted by atomic mass is 10.0. The molecule has 0 radical (unpaired) electrons. The molecule has 4 nitrogen and oxygen atoms in total. The molecule has 3 rings (SSSR count). The number of hydrogen-bond donors (Lipinski definition) is 2. The third kappa shape index (κ3) is 2.63. The molecular weight excluding hydrogens is 276 g/mol. The van der Waals surface area contributed by atoms with Crippen molar-refractivity contribution < 1.29 is 9.59 Å². The van der Waals surface area contributed by atoms with Crippen LogP contribution in [0.4, 0.5) is 11.4 Å². The molecule has 0 fully saturated rings. The monoisotopic (exact) mass is 292 g/mol. The lowest BCUT2D eigenvalue weighted by molar-refractivity contribution is -0.112. The van der Waals surface area contributed by atoms with E-state index < -0.39 is 0 Å². The van der Waals surface area contributed by atoms with Crippen LogP contribution in [0.5, 0.6) is 0 Å². The largest absolute Gasteiger partial charge is 0.349 e. The maximum Gasteiger partial charge on any atom is 0.272 e. The van der Waals surface area contributed by atoms with Gasteiger partial charge in [-0.15, -0.1) is 0 Å². The van der Waals surface area contributed by atoms with Gasteiger partial charge in [-0.05, 0) is 37.1 Å². The molecule has 0 saturated heterocycles. The molecule has 0 saturated carbocycles. The van der Waals surface area contributed by atoms with Gasteiger partial charge in [0.1, 0.15) is 5.70 Å². The summed E-state index contributed by atoms with van der Waals surface area (Å²) >= 11 is 0. The number of carbonyl (C=O) groups is 2. The summed E-state index contributed by atoms with van der Waals surface area (Å²) in [5, 5.41) is 5.86. The first-order valence-corrected chi connectivity index (χ1v) is 7.05. The molecule has 0 spiro atoms. The van der Waals surface area contributed by atoms with Crippen molar-refractivity contribution in [3.63, 3.8) is 0 Å². The van der Waals surface area contributed by atoms with Crippen LogP contribution in [0.3, 0.4) is 0 Å². The van der Waals surface area contributed by atoms with E-state index in [4.69, 9.17) is 0 Å². The van der Waals surface area contributed by atoms with Crippen molar-refractivity contribution in [2.45, 2.75) is 13.8 Å². The Morgan fingerprint density at radius 2 is 1.55 bits per heavy atom. The Bertz CT molecular complexity index is 792. The number of ketones is 1. The highest BCUT2D eigenvalue weighted by Crippen LogP contribution is 2.30. The highest BCUT2D eigenvalue weighted by atomic mass is 16.2. The Morgan fingerprint density at radius 1 is 0.955 bits per heavy atom. The number of nitrogens with one attached hydrogen (secondary N) is 2. The average Bonchev–Trinajstić information content (AvgIpc) is 2.51. The molecule has 2 N–H and O–H groups in total. The van der Waals surface area contributed by atoms with E-state index in [9.17, 15) is 9.59 Å². The van der Waals surface area contributed by atoms with Crippen molar-refractivity contribution in [1.29, 1.82) is 0 Å². The van der Waals surface area contributed by atoms with Crippen molar-refractivity contribution >= 4 is 23.1 Å². The molecule has 1 aliphatic heterocycles. The molecule has 22 heavy (non-hydrogen) atoms. The summed E-state index contributed by atoms with van der Waals surface area (Å²) in [6.07, 6.45) is 1.34. The minimum atomic E-state index is -0.306. The molecule has 1 amide bonds. The van der Waals surface area contributed by atoms with Gasteiger partial charge in [0.25, 0.3) is 5.91 Å². The van der Waals surface area contributed by atoms with E-state index in [0.717, 1.165) is 22.5 Å². The van der Waals surface area contributed by atoms with Crippen molar-refractivity contribution in [3.8, 4) is 0 Å². The summed E-state index contributed by atoms with van der Waals surface area (Å²) in [6, 6.07) is 12.8. The zero-order chi connectivity index (χ0) is 15.7. The van der Waals surface area contributed by atoms with Gasteiger partial charge in [-0.1, -0.05) is 30.3 Å². The summed E-state index contributed by atoms with van der Waals surface area (Å²) in [6.45, 7) is 4.00. The molecule has 2 aromatic carbocycles. The number of allylic oxidation sites excluding steroid dienone is 1. The van der Waals surface area contributed by atoms with Crippen molar-refractivity contribution in [2.75, 3.05) is 10.6 Å². The van der Waals surface area contributed by atoms with Crippen LogP contribution in [0, 0.1) is 13.8 Å². The Labute approximate surface area is 128 Å². The van der Waals surface area contributed by atoms with Gasteiger partial charge in [0.2, 0.25) is 0 Å². The minimum Gasteiger partial charge on any atom is -0.349 e. The second kappa shape index (κ2) is 5.48. The topological polar surface area (TPSA) is 58.2 Å². The average molecular weight is 292 g/mol. The van der Waals surface area contributed by atoms with Gasteiger partial charge in [-0.2, -0.15) is 0 Å². The predicted octanol–water partition coefficient (Wildman–Crippen LogP) is 3.43. The third-order valence-corrected chi connectivity index (χ3v) is 3.73. The highest BCUT2D eigenvalue weighted by molar-refractivity contribution is 6.16. The standard InChI is InChI=1S/C18H16N2O2/c1-11-8-14-15(9-12(11)2)20-18(22)16(19-14)10-17(21)13-6-4-3-5-7-13/h3-10,19H,1-2H3,(H,20,22). The van der Waals surface area contributed by atoms with E-state index >= 15 is 0 Å². The van der Waals surface area contributed by atoms with E-state index in [-0.39, 0.29) is 17.4 Å². The number of aryl methyl sites for hydroxylation is 2. The molecule has 0 aromatic heterocycles. The summed E-state index contributed by atoms with van der Waals surface area (Å²) in [5.41, 5.74) is 4.57. The van der Waals surface area contributed by atoms with E-state index in [1.807, 2.05) is 32.0 Å². The van der Waals surface area contributed by atoms with Gasteiger partial charge < -0.3 is 10.6 Å². The van der Waals surface area contributed by atoms with Gasteiger partial charge in [-0.25, -0.2) is 0 Å². The Hall–Kier alpha value is -2.88. The fourth-order valence-electron chi connectivity index (χ4n) is 2.33. The first-order chi connectivity index (χ1) is 10.5. The Morgan fingerprint density at radius 3 is 2.18 bits per heavy atom. The van der Waals surface area contributed by atoms with Crippen molar-refractivity contribution in [2.24, 2.45) is 0 Å². The quantitative estimate of drug-likeness (QED) is 0.658.